The molecule has 1 heterocycles. The summed E-state index contributed by atoms with van der Waals surface area (Å²) in [6, 6.07) is 7.54. The van der Waals surface area contributed by atoms with Crippen molar-refractivity contribution in [1.82, 2.24) is 9.80 Å². The molecule has 1 amide bonds. The SMILES string of the molecule is CN1CCCC(CN(C)C(=O)Cc2ccc(N)cc2)C1. The van der Waals surface area contributed by atoms with Crippen LogP contribution in [0.2, 0.25) is 0 Å². The van der Waals surface area contributed by atoms with Crippen LogP contribution in [0, 0.1) is 5.92 Å². The van der Waals surface area contributed by atoms with E-state index in [1.54, 1.807) is 0 Å². The van der Waals surface area contributed by atoms with Crippen LogP contribution in [0.25, 0.3) is 0 Å². The number of likely N-dealkylation sites (tertiary alicyclic amines) is 1. The van der Waals surface area contributed by atoms with Crippen molar-refractivity contribution in [3.63, 3.8) is 0 Å². The average Bonchev–Trinajstić information content (AvgIpc) is 2.41. The van der Waals surface area contributed by atoms with Gasteiger partial charge in [-0.05, 0) is 50.0 Å². The van der Waals surface area contributed by atoms with E-state index in [0.29, 0.717) is 12.3 Å². The molecule has 1 aliphatic rings. The molecule has 0 aromatic heterocycles. The number of rotatable bonds is 4. The third-order valence-electron chi connectivity index (χ3n) is 4.01. The zero-order valence-corrected chi connectivity index (χ0v) is 12.5. The van der Waals surface area contributed by atoms with Crippen molar-refractivity contribution >= 4 is 11.6 Å². The van der Waals surface area contributed by atoms with Crippen molar-refractivity contribution in [3.8, 4) is 0 Å². The fraction of sp³-hybridized carbons (Fsp3) is 0.562. The number of nitrogen functional groups attached to an aromatic ring is 1. The zero-order valence-electron chi connectivity index (χ0n) is 12.5. The van der Waals surface area contributed by atoms with Gasteiger partial charge in [-0.3, -0.25) is 4.79 Å². The van der Waals surface area contributed by atoms with E-state index in [2.05, 4.69) is 11.9 Å². The highest BCUT2D eigenvalue weighted by molar-refractivity contribution is 5.78. The Morgan fingerprint density at radius 1 is 1.40 bits per heavy atom. The molecule has 0 bridgehead atoms. The minimum absolute atomic E-state index is 0.183. The standard InChI is InChI=1S/C16H25N3O/c1-18-9-3-4-14(11-18)12-19(2)16(20)10-13-5-7-15(17)8-6-13/h5-8,14H,3-4,9-12,17H2,1-2H3. The summed E-state index contributed by atoms with van der Waals surface area (Å²) in [6.45, 7) is 3.14. The first-order valence-corrected chi connectivity index (χ1v) is 7.31. The molecule has 1 aliphatic heterocycles. The molecule has 1 aromatic rings. The van der Waals surface area contributed by atoms with E-state index in [-0.39, 0.29) is 5.91 Å². The first-order valence-electron chi connectivity index (χ1n) is 7.31. The number of anilines is 1. The lowest BCUT2D eigenvalue weighted by atomic mass is 9.98. The van der Waals surface area contributed by atoms with Gasteiger partial charge in [-0.15, -0.1) is 0 Å². The Balaban J connectivity index is 1.83. The van der Waals surface area contributed by atoms with Crippen LogP contribution in [-0.2, 0) is 11.2 Å². The van der Waals surface area contributed by atoms with Crippen LogP contribution in [0.4, 0.5) is 5.69 Å². The van der Waals surface area contributed by atoms with Crippen LogP contribution in [0.5, 0.6) is 0 Å². The molecular formula is C16H25N3O. The Morgan fingerprint density at radius 3 is 2.75 bits per heavy atom. The number of hydrogen-bond donors (Lipinski definition) is 1. The fourth-order valence-corrected chi connectivity index (χ4v) is 2.86. The smallest absolute Gasteiger partial charge is 0.226 e. The van der Waals surface area contributed by atoms with E-state index in [4.69, 9.17) is 5.73 Å². The number of piperidine rings is 1. The van der Waals surface area contributed by atoms with Crippen LogP contribution in [-0.4, -0.2) is 49.4 Å². The highest BCUT2D eigenvalue weighted by atomic mass is 16.2. The summed E-state index contributed by atoms with van der Waals surface area (Å²) < 4.78 is 0. The molecule has 20 heavy (non-hydrogen) atoms. The van der Waals surface area contributed by atoms with Crippen molar-refractivity contribution in [2.45, 2.75) is 19.3 Å². The first-order chi connectivity index (χ1) is 9.54. The molecular weight excluding hydrogens is 250 g/mol. The maximum atomic E-state index is 12.2. The van der Waals surface area contributed by atoms with Gasteiger partial charge in [0.1, 0.15) is 0 Å². The quantitative estimate of drug-likeness (QED) is 0.849. The Bertz CT molecular complexity index is 444. The number of amides is 1. The van der Waals surface area contributed by atoms with Crippen molar-refractivity contribution in [1.29, 1.82) is 0 Å². The molecule has 1 unspecified atom stereocenters. The maximum absolute atomic E-state index is 12.2. The molecule has 2 N–H and O–H groups in total. The predicted octanol–water partition coefficient (Wildman–Crippen LogP) is 1.61. The molecule has 2 rings (SSSR count). The minimum atomic E-state index is 0.183. The van der Waals surface area contributed by atoms with Crippen molar-refractivity contribution in [2.75, 3.05) is 39.5 Å². The zero-order chi connectivity index (χ0) is 14.5. The number of likely N-dealkylation sites (N-methyl/N-ethyl adjacent to an activating group) is 1. The van der Waals surface area contributed by atoms with E-state index in [1.165, 1.54) is 19.4 Å². The Kier molecular flexibility index (Phi) is 5.01. The Morgan fingerprint density at radius 2 is 2.10 bits per heavy atom. The van der Waals surface area contributed by atoms with Gasteiger partial charge >= 0.3 is 0 Å². The molecule has 0 saturated carbocycles. The van der Waals surface area contributed by atoms with Crippen molar-refractivity contribution in [3.05, 3.63) is 29.8 Å². The Labute approximate surface area is 121 Å². The summed E-state index contributed by atoms with van der Waals surface area (Å²) in [5.74, 6) is 0.789. The normalized spacial score (nSPS) is 19.8. The second kappa shape index (κ2) is 6.75. The van der Waals surface area contributed by atoms with Gasteiger partial charge in [0.05, 0.1) is 6.42 Å². The van der Waals surface area contributed by atoms with Gasteiger partial charge < -0.3 is 15.5 Å². The van der Waals surface area contributed by atoms with Crippen LogP contribution in [0.3, 0.4) is 0 Å². The third kappa shape index (κ3) is 4.23. The number of carbonyl (C=O) groups is 1. The van der Waals surface area contributed by atoms with Gasteiger partial charge in [-0.25, -0.2) is 0 Å². The molecule has 4 heteroatoms. The summed E-state index contributed by atoms with van der Waals surface area (Å²) in [5, 5.41) is 0. The number of benzene rings is 1. The highest BCUT2D eigenvalue weighted by Crippen LogP contribution is 2.16. The molecule has 1 atom stereocenters. The monoisotopic (exact) mass is 275 g/mol. The second-order valence-electron chi connectivity index (χ2n) is 5.96. The summed E-state index contributed by atoms with van der Waals surface area (Å²) >= 11 is 0. The largest absolute Gasteiger partial charge is 0.399 e. The van der Waals surface area contributed by atoms with Gasteiger partial charge in [-0.1, -0.05) is 12.1 Å². The number of carbonyl (C=O) groups excluding carboxylic acids is 1. The fourth-order valence-electron chi connectivity index (χ4n) is 2.86. The maximum Gasteiger partial charge on any atom is 0.226 e. The molecule has 1 fully saturated rings. The first kappa shape index (κ1) is 14.9. The van der Waals surface area contributed by atoms with E-state index < -0.39 is 0 Å². The lowest BCUT2D eigenvalue weighted by Gasteiger charge is -2.32. The van der Waals surface area contributed by atoms with Gasteiger partial charge in [0, 0.05) is 25.8 Å². The van der Waals surface area contributed by atoms with Gasteiger partial charge in [0.25, 0.3) is 0 Å². The summed E-state index contributed by atoms with van der Waals surface area (Å²) in [7, 11) is 4.07. The molecule has 1 aromatic carbocycles. The summed E-state index contributed by atoms with van der Waals surface area (Å²) in [4.78, 5) is 16.5. The lowest BCUT2D eigenvalue weighted by molar-refractivity contribution is -0.129. The minimum Gasteiger partial charge on any atom is -0.399 e. The number of nitrogens with zero attached hydrogens (tertiary/aromatic N) is 2. The lowest BCUT2D eigenvalue weighted by Crippen LogP contribution is -2.40. The van der Waals surface area contributed by atoms with E-state index in [0.717, 1.165) is 24.3 Å². The predicted molar refractivity (Wildman–Crippen MR) is 82.4 cm³/mol. The summed E-state index contributed by atoms with van der Waals surface area (Å²) in [6.07, 6.45) is 2.92. The number of hydrogen-bond acceptors (Lipinski definition) is 3. The van der Waals surface area contributed by atoms with E-state index in [1.807, 2.05) is 36.2 Å². The average molecular weight is 275 g/mol. The molecule has 4 nitrogen and oxygen atoms in total. The van der Waals surface area contributed by atoms with Gasteiger partial charge in [-0.2, -0.15) is 0 Å². The third-order valence-corrected chi connectivity index (χ3v) is 4.01. The van der Waals surface area contributed by atoms with Crippen LogP contribution >= 0.6 is 0 Å². The van der Waals surface area contributed by atoms with E-state index in [9.17, 15) is 4.79 Å². The highest BCUT2D eigenvalue weighted by Gasteiger charge is 2.20. The van der Waals surface area contributed by atoms with Crippen LogP contribution in [0.15, 0.2) is 24.3 Å². The van der Waals surface area contributed by atoms with Crippen LogP contribution < -0.4 is 5.73 Å². The van der Waals surface area contributed by atoms with Crippen LogP contribution in [0.1, 0.15) is 18.4 Å². The molecule has 110 valence electrons. The number of nitrogens with two attached hydrogens (primary N) is 1. The molecule has 0 aliphatic carbocycles. The second-order valence-corrected chi connectivity index (χ2v) is 5.96. The van der Waals surface area contributed by atoms with Gasteiger partial charge in [0.2, 0.25) is 5.91 Å². The van der Waals surface area contributed by atoms with E-state index >= 15 is 0 Å². The van der Waals surface area contributed by atoms with Crippen molar-refractivity contribution < 1.29 is 4.79 Å². The molecule has 1 saturated heterocycles. The molecule has 0 radical (unpaired) electrons. The summed E-state index contributed by atoms with van der Waals surface area (Å²) in [5.41, 5.74) is 7.41. The van der Waals surface area contributed by atoms with Gasteiger partial charge in [0.15, 0.2) is 0 Å². The Hall–Kier alpha value is -1.55. The van der Waals surface area contributed by atoms with Crippen molar-refractivity contribution in [2.24, 2.45) is 5.92 Å². The molecule has 0 spiro atoms. The topological polar surface area (TPSA) is 49.6 Å².